The number of rotatable bonds is 6. The number of fused-ring (bicyclic) bond motifs is 6. The summed E-state index contributed by atoms with van der Waals surface area (Å²) < 4.78 is 12.8. The Balaban J connectivity index is 1.86. The van der Waals surface area contributed by atoms with Crippen LogP contribution in [-0.2, 0) is 4.74 Å². The van der Waals surface area contributed by atoms with Gasteiger partial charge < -0.3 is 19.1 Å². The highest BCUT2D eigenvalue weighted by Gasteiger charge is 2.48. The number of pyridine rings is 2. The zero-order chi connectivity index (χ0) is 21.6. The molecule has 2 aromatic rings. The van der Waals surface area contributed by atoms with Crippen molar-refractivity contribution in [2.45, 2.75) is 45.1 Å². The highest BCUT2D eigenvalue weighted by molar-refractivity contribution is 6.31. The average Bonchev–Trinajstić information content (AvgIpc) is 3.01. The number of hydrogen-bond acceptors (Lipinski definition) is 5. The first-order valence-corrected chi connectivity index (χ1v) is 10.4. The number of aromatic carboxylic acids is 1. The molecule has 0 spiro atoms. The molecule has 1 aliphatic heterocycles. The Labute approximate surface area is 179 Å². The molecule has 160 valence electrons. The van der Waals surface area contributed by atoms with E-state index in [1.165, 1.54) is 12.3 Å². The molecule has 1 aliphatic carbocycles. The third-order valence-electron chi connectivity index (χ3n) is 6.26. The molecule has 3 heterocycles. The predicted molar refractivity (Wildman–Crippen MR) is 113 cm³/mol. The van der Waals surface area contributed by atoms with Gasteiger partial charge in [-0.2, -0.15) is 0 Å². The van der Waals surface area contributed by atoms with Crippen molar-refractivity contribution in [3.05, 3.63) is 44.8 Å². The minimum atomic E-state index is -1.22. The second kappa shape index (κ2) is 7.71. The third-order valence-corrected chi connectivity index (χ3v) is 6.53. The number of ether oxygens (including phenoxy) is 2. The normalized spacial score (nSPS) is 20.9. The summed E-state index contributed by atoms with van der Waals surface area (Å²) in [5, 5.41) is 9.68. The SMILES string of the molecule is COCCCOc1cc2c(nc1Cl)-c1cc(=O)c(C(=O)O)cn1C1[C@H]2CCC1(C)C. The van der Waals surface area contributed by atoms with E-state index in [4.69, 9.17) is 21.1 Å². The van der Waals surface area contributed by atoms with Crippen LogP contribution in [0.5, 0.6) is 5.75 Å². The highest BCUT2D eigenvalue weighted by atomic mass is 35.5. The molecule has 0 amide bonds. The molecule has 2 aliphatic rings. The van der Waals surface area contributed by atoms with Crippen LogP contribution in [0.15, 0.2) is 23.1 Å². The fourth-order valence-electron chi connectivity index (χ4n) is 4.87. The van der Waals surface area contributed by atoms with Gasteiger partial charge in [0.05, 0.1) is 18.0 Å². The van der Waals surface area contributed by atoms with Gasteiger partial charge in [0.1, 0.15) is 5.56 Å². The lowest BCUT2D eigenvalue weighted by atomic mass is 9.79. The first kappa shape index (κ1) is 20.9. The van der Waals surface area contributed by atoms with E-state index in [-0.39, 0.29) is 28.1 Å². The van der Waals surface area contributed by atoms with Crippen molar-refractivity contribution in [3.63, 3.8) is 0 Å². The second-order valence-electron chi connectivity index (χ2n) is 8.64. The smallest absolute Gasteiger partial charge is 0.341 e. The Hall–Kier alpha value is -2.38. The maximum Gasteiger partial charge on any atom is 0.341 e. The number of carboxylic acid groups (broad SMARTS) is 1. The molecule has 7 nitrogen and oxygen atoms in total. The van der Waals surface area contributed by atoms with Crippen LogP contribution in [0.25, 0.3) is 11.4 Å². The molecule has 1 unspecified atom stereocenters. The maximum absolute atomic E-state index is 12.5. The quantitative estimate of drug-likeness (QED) is 0.545. The number of aromatic nitrogens is 2. The van der Waals surface area contributed by atoms with Gasteiger partial charge in [0.15, 0.2) is 16.3 Å². The molecule has 4 rings (SSSR count). The van der Waals surface area contributed by atoms with Crippen LogP contribution in [0.2, 0.25) is 5.15 Å². The summed E-state index contributed by atoms with van der Waals surface area (Å²) in [5.41, 5.74) is 1.39. The van der Waals surface area contributed by atoms with Crippen LogP contribution in [0.1, 0.15) is 61.0 Å². The predicted octanol–water partition coefficient (Wildman–Crippen LogP) is 4.14. The van der Waals surface area contributed by atoms with Crippen LogP contribution < -0.4 is 10.2 Å². The molecule has 0 saturated heterocycles. The molecule has 1 N–H and O–H groups in total. The minimum Gasteiger partial charge on any atom is -0.490 e. The Morgan fingerprint density at radius 1 is 1.37 bits per heavy atom. The molecule has 0 bridgehead atoms. The first-order chi connectivity index (χ1) is 14.2. The van der Waals surface area contributed by atoms with E-state index in [0.29, 0.717) is 30.4 Å². The monoisotopic (exact) mass is 432 g/mol. The Bertz CT molecular complexity index is 1060. The van der Waals surface area contributed by atoms with Crippen molar-refractivity contribution in [2.24, 2.45) is 5.41 Å². The van der Waals surface area contributed by atoms with Crippen LogP contribution in [0.3, 0.4) is 0 Å². The zero-order valence-corrected chi connectivity index (χ0v) is 18.0. The second-order valence-corrected chi connectivity index (χ2v) is 9.00. The Morgan fingerprint density at radius 3 is 2.83 bits per heavy atom. The van der Waals surface area contributed by atoms with E-state index >= 15 is 0 Å². The van der Waals surface area contributed by atoms with Crippen LogP contribution in [0.4, 0.5) is 0 Å². The van der Waals surface area contributed by atoms with E-state index in [0.717, 1.165) is 24.8 Å². The van der Waals surface area contributed by atoms with Gasteiger partial charge in [0.2, 0.25) is 0 Å². The number of hydrogen-bond donors (Lipinski definition) is 1. The summed E-state index contributed by atoms with van der Waals surface area (Å²) in [6, 6.07) is 3.33. The lowest BCUT2D eigenvalue weighted by Crippen LogP contribution is -2.32. The van der Waals surface area contributed by atoms with Gasteiger partial charge >= 0.3 is 5.97 Å². The molecule has 1 fully saturated rings. The van der Waals surface area contributed by atoms with Gasteiger partial charge in [-0.3, -0.25) is 4.79 Å². The topological polar surface area (TPSA) is 90.7 Å². The maximum atomic E-state index is 12.5. The van der Waals surface area contributed by atoms with E-state index < -0.39 is 11.4 Å². The Kier molecular flexibility index (Phi) is 5.36. The number of carboxylic acids is 1. The van der Waals surface area contributed by atoms with Crippen molar-refractivity contribution in [1.29, 1.82) is 0 Å². The van der Waals surface area contributed by atoms with Crippen LogP contribution in [0, 0.1) is 5.41 Å². The van der Waals surface area contributed by atoms with Crippen molar-refractivity contribution in [1.82, 2.24) is 9.55 Å². The van der Waals surface area contributed by atoms with Crippen molar-refractivity contribution >= 4 is 17.6 Å². The first-order valence-electron chi connectivity index (χ1n) is 10.1. The summed E-state index contributed by atoms with van der Waals surface area (Å²) in [4.78, 5) is 28.6. The molecular weight excluding hydrogens is 408 g/mol. The number of methoxy groups -OCH3 is 1. The van der Waals surface area contributed by atoms with Gasteiger partial charge in [0, 0.05) is 44.4 Å². The fraction of sp³-hybridized carbons (Fsp3) is 0.500. The lowest BCUT2D eigenvalue weighted by molar-refractivity contribution is 0.0693. The summed E-state index contributed by atoms with van der Waals surface area (Å²) in [6.07, 6.45) is 4.12. The number of halogens is 1. The van der Waals surface area contributed by atoms with E-state index in [1.54, 1.807) is 7.11 Å². The van der Waals surface area contributed by atoms with Crippen LogP contribution in [-0.4, -0.2) is 41.0 Å². The van der Waals surface area contributed by atoms with Gasteiger partial charge in [-0.05, 0) is 29.9 Å². The Morgan fingerprint density at radius 2 is 2.13 bits per heavy atom. The molecule has 8 heteroatoms. The molecule has 0 aromatic carbocycles. The minimum absolute atomic E-state index is 0.0167. The van der Waals surface area contributed by atoms with Gasteiger partial charge in [0.25, 0.3) is 0 Å². The van der Waals surface area contributed by atoms with E-state index in [9.17, 15) is 14.7 Å². The van der Waals surface area contributed by atoms with Crippen LogP contribution >= 0.6 is 11.6 Å². The summed E-state index contributed by atoms with van der Waals surface area (Å²) in [5.74, 6) is -0.565. The molecule has 1 saturated carbocycles. The van der Waals surface area contributed by atoms with E-state index in [1.807, 2.05) is 10.6 Å². The van der Waals surface area contributed by atoms with Crippen molar-refractivity contribution in [3.8, 4) is 17.1 Å². The zero-order valence-electron chi connectivity index (χ0n) is 17.3. The van der Waals surface area contributed by atoms with Gasteiger partial charge in [-0.1, -0.05) is 25.4 Å². The number of carbonyl (C=O) groups is 1. The molecule has 0 radical (unpaired) electrons. The molecule has 2 aromatic heterocycles. The summed E-state index contributed by atoms with van der Waals surface area (Å²) in [6.45, 7) is 5.41. The third kappa shape index (κ3) is 3.40. The standard InChI is InChI=1S/C22H25ClN2O5/c1-22(2)6-5-12-13-9-17(30-8-4-7-29-3)20(23)24-18(13)15-10-16(26)14(21(27)28)11-25(15)19(12)22/h9-12,19H,4-8H2,1-3H3,(H,27,28)/t12-,19?/m0/s1. The van der Waals surface area contributed by atoms with Gasteiger partial charge in [-0.25, -0.2) is 9.78 Å². The fourth-order valence-corrected chi connectivity index (χ4v) is 5.06. The van der Waals surface area contributed by atoms with E-state index in [2.05, 4.69) is 18.8 Å². The molecule has 2 atom stereocenters. The molecule has 30 heavy (non-hydrogen) atoms. The summed E-state index contributed by atoms with van der Waals surface area (Å²) in [7, 11) is 1.64. The largest absolute Gasteiger partial charge is 0.490 e. The van der Waals surface area contributed by atoms with Crippen molar-refractivity contribution < 1.29 is 19.4 Å². The highest BCUT2D eigenvalue weighted by Crippen LogP contribution is 2.59. The lowest BCUT2D eigenvalue weighted by Gasteiger charge is -2.39. The number of nitrogens with zero attached hydrogens (tertiary/aromatic N) is 2. The van der Waals surface area contributed by atoms with Crippen molar-refractivity contribution in [2.75, 3.05) is 20.3 Å². The average molecular weight is 433 g/mol. The summed E-state index contributed by atoms with van der Waals surface area (Å²) >= 11 is 6.41. The molecular formula is C22H25ClN2O5. The van der Waals surface area contributed by atoms with Gasteiger partial charge in [-0.15, -0.1) is 0 Å².